The minimum atomic E-state index is -0.236. The summed E-state index contributed by atoms with van der Waals surface area (Å²) in [5.41, 5.74) is 0.949. The molecule has 1 aromatic rings. The van der Waals surface area contributed by atoms with Crippen LogP contribution in [0.1, 0.15) is 24.8 Å². The molecule has 0 spiro atoms. The average Bonchev–Trinajstić information content (AvgIpc) is 3.24. The Hall–Kier alpha value is -2.53. The minimum absolute atomic E-state index is 0.236. The maximum absolute atomic E-state index is 12.2. The van der Waals surface area contributed by atoms with Crippen LogP contribution in [0.4, 0.5) is 10.5 Å². The fourth-order valence-corrected chi connectivity index (χ4v) is 1.88. The Morgan fingerprint density at radius 2 is 2.11 bits per heavy atom. The van der Waals surface area contributed by atoms with Crippen LogP contribution < -0.4 is 5.32 Å². The number of urea groups is 1. The summed E-state index contributed by atoms with van der Waals surface area (Å²) >= 11 is 0. The normalized spacial score (nSPS) is 13.2. The van der Waals surface area contributed by atoms with E-state index in [9.17, 15) is 4.79 Å². The molecule has 0 aliphatic heterocycles. The zero-order chi connectivity index (χ0) is 13.7. The van der Waals surface area contributed by atoms with Gasteiger partial charge in [0.1, 0.15) is 6.07 Å². The second kappa shape index (κ2) is 5.88. The van der Waals surface area contributed by atoms with Gasteiger partial charge in [-0.3, -0.25) is 0 Å². The summed E-state index contributed by atoms with van der Waals surface area (Å²) in [6.07, 6.45) is 2.29. The Morgan fingerprint density at radius 1 is 1.37 bits per heavy atom. The smallest absolute Gasteiger partial charge is 0.321 e. The molecule has 0 bridgehead atoms. The van der Waals surface area contributed by atoms with Crippen molar-refractivity contribution in [3.63, 3.8) is 0 Å². The van der Waals surface area contributed by atoms with Crippen LogP contribution in [0.15, 0.2) is 24.3 Å². The summed E-state index contributed by atoms with van der Waals surface area (Å²) in [5.74, 6) is 0. The standard InChI is InChI=1S/C14H14N4O/c15-8-3-9-18(12-6-7-12)14(19)17-13-5-2-1-4-11(13)10-16/h1-2,4-5,12H,3,6-7,9H2,(H,17,19). The van der Waals surface area contributed by atoms with Gasteiger partial charge >= 0.3 is 6.03 Å². The van der Waals surface area contributed by atoms with Crippen molar-refractivity contribution < 1.29 is 4.79 Å². The van der Waals surface area contributed by atoms with E-state index in [-0.39, 0.29) is 12.1 Å². The molecule has 1 aliphatic rings. The summed E-state index contributed by atoms with van der Waals surface area (Å²) in [4.78, 5) is 13.8. The summed E-state index contributed by atoms with van der Waals surface area (Å²) in [5, 5.41) is 20.3. The van der Waals surface area contributed by atoms with Gasteiger partial charge in [0.25, 0.3) is 0 Å². The lowest BCUT2D eigenvalue weighted by molar-refractivity contribution is 0.210. The van der Waals surface area contributed by atoms with Crippen LogP contribution in [0.5, 0.6) is 0 Å². The molecule has 0 atom stereocenters. The van der Waals surface area contributed by atoms with Gasteiger partial charge in [0.15, 0.2) is 0 Å². The van der Waals surface area contributed by atoms with E-state index < -0.39 is 0 Å². The maximum Gasteiger partial charge on any atom is 0.322 e. The SMILES string of the molecule is N#CCCN(C(=O)Nc1ccccc1C#N)C1CC1. The van der Waals surface area contributed by atoms with Crippen LogP contribution in [0.25, 0.3) is 0 Å². The Morgan fingerprint density at radius 3 is 2.74 bits per heavy atom. The Labute approximate surface area is 112 Å². The van der Waals surface area contributed by atoms with E-state index in [0.717, 1.165) is 12.8 Å². The first kappa shape index (κ1) is 12.9. The highest BCUT2D eigenvalue weighted by molar-refractivity contribution is 5.91. The second-order valence-electron chi connectivity index (χ2n) is 4.42. The first-order chi connectivity index (χ1) is 9.26. The third-order valence-corrected chi connectivity index (χ3v) is 3.00. The summed E-state index contributed by atoms with van der Waals surface area (Å²) in [7, 11) is 0. The van der Waals surface area contributed by atoms with Crippen molar-refractivity contribution in [3.05, 3.63) is 29.8 Å². The Kier molecular flexibility index (Phi) is 4.00. The topological polar surface area (TPSA) is 79.9 Å². The highest BCUT2D eigenvalue weighted by Crippen LogP contribution is 2.27. The molecule has 2 rings (SSSR count). The van der Waals surface area contributed by atoms with Crippen molar-refractivity contribution in [1.82, 2.24) is 4.90 Å². The first-order valence-electron chi connectivity index (χ1n) is 6.20. The van der Waals surface area contributed by atoms with Crippen molar-refractivity contribution in [2.24, 2.45) is 0 Å². The lowest BCUT2D eigenvalue weighted by atomic mass is 10.2. The highest BCUT2D eigenvalue weighted by Gasteiger charge is 2.32. The number of amides is 2. The highest BCUT2D eigenvalue weighted by atomic mass is 16.2. The zero-order valence-corrected chi connectivity index (χ0v) is 10.5. The van der Waals surface area contributed by atoms with Gasteiger partial charge in [-0.2, -0.15) is 10.5 Å². The summed E-state index contributed by atoms with van der Waals surface area (Å²) in [6, 6.07) is 11.0. The number of nitrogens with zero attached hydrogens (tertiary/aromatic N) is 3. The number of carbonyl (C=O) groups is 1. The van der Waals surface area contributed by atoms with Gasteiger partial charge in [-0.15, -0.1) is 0 Å². The van der Waals surface area contributed by atoms with Crippen molar-refractivity contribution in [2.75, 3.05) is 11.9 Å². The third-order valence-electron chi connectivity index (χ3n) is 3.00. The Bertz CT molecular complexity index is 551. The number of carbonyl (C=O) groups excluding carboxylic acids is 1. The van der Waals surface area contributed by atoms with Gasteiger partial charge in [-0.25, -0.2) is 4.79 Å². The molecule has 5 nitrogen and oxygen atoms in total. The van der Waals surface area contributed by atoms with Crippen LogP contribution in [0.2, 0.25) is 0 Å². The van der Waals surface area contributed by atoms with Crippen molar-refractivity contribution in [2.45, 2.75) is 25.3 Å². The molecule has 0 saturated heterocycles. The number of rotatable bonds is 4. The largest absolute Gasteiger partial charge is 0.322 e. The van der Waals surface area contributed by atoms with Crippen LogP contribution in [0, 0.1) is 22.7 Å². The van der Waals surface area contributed by atoms with Crippen LogP contribution in [0.3, 0.4) is 0 Å². The molecule has 5 heteroatoms. The number of anilines is 1. The number of hydrogen-bond donors (Lipinski definition) is 1. The van der Waals surface area contributed by atoms with Gasteiger partial charge < -0.3 is 10.2 Å². The number of para-hydroxylation sites is 1. The fourth-order valence-electron chi connectivity index (χ4n) is 1.88. The van der Waals surface area contributed by atoms with E-state index in [1.165, 1.54) is 0 Å². The van der Waals surface area contributed by atoms with Gasteiger partial charge in [-0.05, 0) is 25.0 Å². The van der Waals surface area contributed by atoms with Crippen LogP contribution >= 0.6 is 0 Å². The molecule has 1 aromatic carbocycles. The quantitative estimate of drug-likeness (QED) is 0.896. The fraction of sp³-hybridized carbons (Fsp3) is 0.357. The molecule has 1 aliphatic carbocycles. The minimum Gasteiger partial charge on any atom is -0.321 e. The van der Waals surface area contributed by atoms with E-state index in [1.54, 1.807) is 29.2 Å². The van der Waals surface area contributed by atoms with E-state index in [1.807, 2.05) is 12.1 Å². The molecule has 1 saturated carbocycles. The molecule has 96 valence electrons. The lowest BCUT2D eigenvalue weighted by Crippen LogP contribution is -2.37. The maximum atomic E-state index is 12.2. The average molecular weight is 254 g/mol. The molecule has 1 fully saturated rings. The number of nitriles is 2. The van der Waals surface area contributed by atoms with Crippen LogP contribution in [-0.4, -0.2) is 23.5 Å². The number of hydrogen-bond acceptors (Lipinski definition) is 3. The molecule has 1 N–H and O–H groups in total. The second-order valence-corrected chi connectivity index (χ2v) is 4.42. The van der Waals surface area contributed by atoms with Gasteiger partial charge in [-0.1, -0.05) is 12.1 Å². The van der Waals surface area contributed by atoms with E-state index >= 15 is 0 Å². The molecule has 19 heavy (non-hydrogen) atoms. The van der Waals surface area contributed by atoms with E-state index in [2.05, 4.69) is 5.32 Å². The molecule has 0 heterocycles. The third kappa shape index (κ3) is 3.23. The van der Waals surface area contributed by atoms with Crippen molar-refractivity contribution >= 4 is 11.7 Å². The molecule has 0 aromatic heterocycles. The van der Waals surface area contributed by atoms with Gasteiger partial charge in [0.2, 0.25) is 0 Å². The van der Waals surface area contributed by atoms with Crippen LogP contribution in [-0.2, 0) is 0 Å². The zero-order valence-electron chi connectivity index (χ0n) is 10.5. The van der Waals surface area contributed by atoms with E-state index in [0.29, 0.717) is 24.2 Å². The predicted molar refractivity (Wildman–Crippen MR) is 70.1 cm³/mol. The lowest BCUT2D eigenvalue weighted by Gasteiger charge is -2.21. The number of benzene rings is 1. The molecule has 0 radical (unpaired) electrons. The molecular formula is C14H14N4O. The predicted octanol–water partition coefficient (Wildman–Crippen LogP) is 2.47. The van der Waals surface area contributed by atoms with Crippen molar-refractivity contribution in [3.8, 4) is 12.1 Å². The monoisotopic (exact) mass is 254 g/mol. The first-order valence-corrected chi connectivity index (χ1v) is 6.20. The summed E-state index contributed by atoms with van der Waals surface area (Å²) in [6.45, 7) is 0.432. The molecule has 0 unspecified atom stereocenters. The Balaban J connectivity index is 2.06. The summed E-state index contributed by atoms with van der Waals surface area (Å²) < 4.78 is 0. The molecular weight excluding hydrogens is 240 g/mol. The van der Waals surface area contributed by atoms with Crippen molar-refractivity contribution in [1.29, 1.82) is 10.5 Å². The molecule has 2 amide bonds. The van der Waals surface area contributed by atoms with Gasteiger partial charge in [0, 0.05) is 12.6 Å². The van der Waals surface area contributed by atoms with Gasteiger partial charge in [0.05, 0.1) is 23.7 Å². The van der Waals surface area contributed by atoms with E-state index in [4.69, 9.17) is 10.5 Å². The number of nitrogens with one attached hydrogen (secondary N) is 1.